The average Bonchev–Trinajstić information content (AvgIpc) is 3.17. The van der Waals surface area contributed by atoms with Gasteiger partial charge in [0.25, 0.3) is 0 Å². The van der Waals surface area contributed by atoms with E-state index >= 15 is 0 Å². The van der Waals surface area contributed by atoms with Gasteiger partial charge in [0.15, 0.2) is 0 Å². The Morgan fingerprint density at radius 1 is 1.18 bits per heavy atom. The number of nitrogens with one attached hydrogen (secondary N) is 1. The lowest BCUT2D eigenvalue weighted by molar-refractivity contribution is -0.127. The number of nitrogens with zero attached hydrogens (tertiary/aromatic N) is 3. The summed E-state index contributed by atoms with van der Waals surface area (Å²) in [5, 5.41) is 7.44. The molecule has 150 valence electrons. The number of benzene rings is 1. The van der Waals surface area contributed by atoms with E-state index in [1.807, 2.05) is 31.2 Å². The van der Waals surface area contributed by atoms with E-state index in [4.69, 9.17) is 4.52 Å². The molecule has 1 N–H and O–H groups in total. The SMILES string of the molecule is Cc1ccccc1-c1noc(CN2CCCC(C(=O)NC3CCCCC3)C2)n1. The van der Waals surface area contributed by atoms with Gasteiger partial charge in [-0.15, -0.1) is 0 Å². The van der Waals surface area contributed by atoms with Crippen molar-refractivity contribution in [1.29, 1.82) is 0 Å². The monoisotopic (exact) mass is 382 g/mol. The Morgan fingerprint density at radius 3 is 2.82 bits per heavy atom. The molecule has 0 spiro atoms. The van der Waals surface area contributed by atoms with Crippen molar-refractivity contribution in [2.45, 2.75) is 64.5 Å². The third-order valence-corrected chi connectivity index (χ3v) is 6.04. The maximum atomic E-state index is 12.7. The molecule has 1 unspecified atom stereocenters. The smallest absolute Gasteiger partial charge is 0.241 e. The van der Waals surface area contributed by atoms with Gasteiger partial charge >= 0.3 is 0 Å². The molecule has 1 aliphatic heterocycles. The first kappa shape index (κ1) is 19.1. The number of piperidine rings is 1. The molecule has 1 aliphatic carbocycles. The number of likely N-dealkylation sites (tertiary alicyclic amines) is 1. The molecule has 2 fully saturated rings. The van der Waals surface area contributed by atoms with Gasteiger partial charge in [0.05, 0.1) is 12.5 Å². The number of aromatic nitrogens is 2. The molecule has 1 aromatic carbocycles. The summed E-state index contributed by atoms with van der Waals surface area (Å²) < 4.78 is 5.49. The standard InChI is InChI=1S/C22H30N4O2/c1-16-8-5-6-12-19(16)21-24-20(28-25-21)15-26-13-7-9-17(14-26)22(27)23-18-10-3-2-4-11-18/h5-6,8,12,17-18H,2-4,7,9-11,13-15H2,1H3,(H,23,27). The molecule has 4 rings (SSSR count). The van der Waals surface area contributed by atoms with E-state index in [0.717, 1.165) is 49.9 Å². The predicted molar refractivity (Wildman–Crippen MR) is 107 cm³/mol. The van der Waals surface area contributed by atoms with E-state index in [9.17, 15) is 4.79 Å². The van der Waals surface area contributed by atoms with Gasteiger partial charge in [-0.3, -0.25) is 9.69 Å². The highest BCUT2D eigenvalue weighted by molar-refractivity contribution is 5.79. The fraction of sp³-hybridized carbons (Fsp3) is 0.591. The van der Waals surface area contributed by atoms with Crippen LogP contribution in [0.15, 0.2) is 28.8 Å². The highest BCUT2D eigenvalue weighted by atomic mass is 16.5. The normalized spacial score (nSPS) is 21.5. The second-order valence-electron chi connectivity index (χ2n) is 8.24. The van der Waals surface area contributed by atoms with Crippen molar-refractivity contribution in [1.82, 2.24) is 20.4 Å². The molecular formula is C22H30N4O2. The Hall–Kier alpha value is -2.21. The van der Waals surface area contributed by atoms with Crippen LogP contribution in [0.4, 0.5) is 0 Å². The largest absolute Gasteiger partial charge is 0.353 e. The molecule has 1 saturated heterocycles. The second-order valence-corrected chi connectivity index (χ2v) is 8.24. The van der Waals surface area contributed by atoms with Gasteiger partial charge in [0, 0.05) is 18.2 Å². The molecule has 2 heterocycles. The lowest BCUT2D eigenvalue weighted by Crippen LogP contribution is -2.46. The Balaban J connectivity index is 1.34. The van der Waals surface area contributed by atoms with Crippen LogP contribution in [0.1, 0.15) is 56.4 Å². The Bertz CT molecular complexity index is 797. The number of hydrogen-bond acceptors (Lipinski definition) is 5. The van der Waals surface area contributed by atoms with E-state index in [1.54, 1.807) is 0 Å². The first-order chi connectivity index (χ1) is 13.7. The van der Waals surface area contributed by atoms with E-state index in [-0.39, 0.29) is 11.8 Å². The van der Waals surface area contributed by atoms with Crippen LogP contribution >= 0.6 is 0 Å². The number of carbonyl (C=O) groups is 1. The number of rotatable bonds is 5. The van der Waals surface area contributed by atoms with Gasteiger partial charge in [-0.25, -0.2) is 0 Å². The zero-order valence-electron chi connectivity index (χ0n) is 16.7. The molecule has 6 nitrogen and oxygen atoms in total. The molecule has 2 aromatic rings. The third kappa shape index (κ3) is 4.61. The molecule has 28 heavy (non-hydrogen) atoms. The first-order valence-corrected chi connectivity index (χ1v) is 10.6. The minimum atomic E-state index is 0.0643. The van der Waals surface area contributed by atoms with Gasteiger partial charge in [-0.1, -0.05) is 48.7 Å². The summed E-state index contributed by atoms with van der Waals surface area (Å²) >= 11 is 0. The van der Waals surface area contributed by atoms with Crippen molar-refractivity contribution in [2.24, 2.45) is 5.92 Å². The molecular weight excluding hydrogens is 352 g/mol. The Labute approximate surface area is 166 Å². The van der Waals surface area contributed by atoms with Crippen LogP contribution in [0, 0.1) is 12.8 Å². The third-order valence-electron chi connectivity index (χ3n) is 6.04. The molecule has 6 heteroatoms. The van der Waals surface area contributed by atoms with E-state index in [2.05, 4.69) is 20.4 Å². The summed E-state index contributed by atoms with van der Waals surface area (Å²) in [6.45, 7) is 4.38. The van der Waals surface area contributed by atoms with Crippen LogP contribution in [0.5, 0.6) is 0 Å². The summed E-state index contributed by atoms with van der Waals surface area (Å²) in [6, 6.07) is 8.43. The van der Waals surface area contributed by atoms with Gasteiger partial charge in [-0.2, -0.15) is 4.98 Å². The first-order valence-electron chi connectivity index (χ1n) is 10.6. The van der Waals surface area contributed by atoms with Crippen LogP contribution in [0.2, 0.25) is 0 Å². The topological polar surface area (TPSA) is 71.3 Å². The van der Waals surface area contributed by atoms with E-state index < -0.39 is 0 Å². The van der Waals surface area contributed by atoms with Crippen LogP contribution in [-0.4, -0.2) is 40.1 Å². The Kier molecular flexibility index (Phi) is 6.05. The van der Waals surface area contributed by atoms with E-state index in [1.165, 1.54) is 19.3 Å². The number of hydrogen-bond donors (Lipinski definition) is 1. The minimum absolute atomic E-state index is 0.0643. The van der Waals surface area contributed by atoms with Gasteiger partial charge < -0.3 is 9.84 Å². The second kappa shape index (κ2) is 8.86. The molecule has 0 bridgehead atoms. The zero-order chi connectivity index (χ0) is 19.3. The predicted octanol–water partition coefficient (Wildman–Crippen LogP) is 3.71. The summed E-state index contributed by atoms with van der Waals surface area (Å²) in [7, 11) is 0. The van der Waals surface area contributed by atoms with Crippen LogP contribution < -0.4 is 5.32 Å². The van der Waals surface area contributed by atoms with Crippen LogP contribution in [0.25, 0.3) is 11.4 Å². The van der Waals surface area contributed by atoms with Crippen molar-refractivity contribution >= 4 is 5.91 Å². The fourth-order valence-corrected chi connectivity index (χ4v) is 4.42. The lowest BCUT2D eigenvalue weighted by atomic mass is 9.93. The highest BCUT2D eigenvalue weighted by Crippen LogP contribution is 2.23. The fourth-order valence-electron chi connectivity index (χ4n) is 4.42. The molecule has 0 radical (unpaired) electrons. The summed E-state index contributed by atoms with van der Waals surface area (Å²) in [5.41, 5.74) is 2.13. The van der Waals surface area contributed by atoms with Crippen molar-refractivity contribution in [2.75, 3.05) is 13.1 Å². The summed E-state index contributed by atoms with van der Waals surface area (Å²) in [6.07, 6.45) is 8.04. The average molecular weight is 383 g/mol. The molecule has 2 aliphatic rings. The van der Waals surface area contributed by atoms with Crippen molar-refractivity contribution in [3.63, 3.8) is 0 Å². The summed E-state index contributed by atoms with van der Waals surface area (Å²) in [5.74, 6) is 1.54. The molecule has 1 atom stereocenters. The number of amides is 1. The molecule has 1 saturated carbocycles. The maximum absolute atomic E-state index is 12.7. The highest BCUT2D eigenvalue weighted by Gasteiger charge is 2.28. The maximum Gasteiger partial charge on any atom is 0.241 e. The number of carbonyl (C=O) groups excluding carboxylic acids is 1. The lowest BCUT2D eigenvalue weighted by Gasteiger charge is -2.32. The van der Waals surface area contributed by atoms with Gasteiger partial charge in [0.2, 0.25) is 17.6 Å². The molecule has 1 amide bonds. The molecule has 1 aromatic heterocycles. The van der Waals surface area contributed by atoms with Gasteiger partial charge in [0.1, 0.15) is 0 Å². The summed E-state index contributed by atoms with van der Waals surface area (Å²) in [4.78, 5) is 19.5. The van der Waals surface area contributed by atoms with E-state index in [0.29, 0.717) is 24.3 Å². The zero-order valence-corrected chi connectivity index (χ0v) is 16.7. The minimum Gasteiger partial charge on any atom is -0.353 e. The van der Waals surface area contributed by atoms with Gasteiger partial charge in [-0.05, 0) is 44.7 Å². The van der Waals surface area contributed by atoms with Crippen LogP contribution in [0.3, 0.4) is 0 Å². The Morgan fingerprint density at radius 2 is 2.00 bits per heavy atom. The quantitative estimate of drug-likeness (QED) is 0.854. The van der Waals surface area contributed by atoms with Crippen molar-refractivity contribution < 1.29 is 9.32 Å². The number of aryl methyl sites for hydroxylation is 1. The van der Waals surface area contributed by atoms with Crippen LogP contribution in [-0.2, 0) is 11.3 Å². The van der Waals surface area contributed by atoms with Crippen molar-refractivity contribution in [3.8, 4) is 11.4 Å². The van der Waals surface area contributed by atoms with Crippen molar-refractivity contribution in [3.05, 3.63) is 35.7 Å².